The Bertz CT molecular complexity index is 501. The third kappa shape index (κ3) is 2.33. The van der Waals surface area contributed by atoms with Crippen LogP contribution in [-0.4, -0.2) is 48.2 Å². The minimum absolute atomic E-state index is 0.0191. The van der Waals surface area contributed by atoms with E-state index < -0.39 is 0 Å². The quantitative estimate of drug-likeness (QED) is 0.736. The smallest absolute Gasteiger partial charge is 0.138 e. The Hall–Kier alpha value is -0.820. The molecule has 1 aromatic heterocycles. The summed E-state index contributed by atoms with van der Waals surface area (Å²) < 4.78 is 6.49. The molecule has 6 heteroatoms. The molecule has 2 N–H and O–H groups in total. The van der Waals surface area contributed by atoms with Crippen molar-refractivity contribution in [2.45, 2.75) is 19.1 Å². The Balaban J connectivity index is 1.93. The van der Waals surface area contributed by atoms with E-state index in [2.05, 4.69) is 27.2 Å². The number of aromatic amines is 1. The summed E-state index contributed by atoms with van der Waals surface area (Å²) in [5.74, 6) is 0.882. The number of H-pyrrole nitrogens is 1. The molecule has 18 heavy (non-hydrogen) atoms. The largest absolute Gasteiger partial charge is 0.368 e. The van der Waals surface area contributed by atoms with Crippen molar-refractivity contribution in [2.75, 3.05) is 33.3 Å². The van der Waals surface area contributed by atoms with Crippen LogP contribution in [0.1, 0.15) is 23.2 Å². The number of hydrogen-bond acceptors (Lipinski definition) is 5. The Morgan fingerprint density at radius 1 is 1.50 bits per heavy atom. The van der Waals surface area contributed by atoms with Gasteiger partial charge in [0.15, 0.2) is 0 Å². The number of likely N-dealkylation sites (N-methyl/N-ethyl adjacent to an activating group) is 1. The maximum absolute atomic E-state index is 5.78. The van der Waals surface area contributed by atoms with Crippen LogP contribution in [-0.2, 0) is 17.7 Å². The third-order valence-electron chi connectivity index (χ3n) is 3.55. The topological polar surface area (TPSA) is 53.2 Å². The summed E-state index contributed by atoms with van der Waals surface area (Å²) in [6.45, 7) is 4.42. The SMILES string of the molecule is CN1CCOC(c2nc(=S)c3c([nH]2)CCNC3)C1. The number of aromatic nitrogens is 2. The Labute approximate surface area is 112 Å². The van der Waals surface area contributed by atoms with Crippen LogP contribution in [0, 0.1) is 4.64 Å². The van der Waals surface area contributed by atoms with Crippen molar-refractivity contribution in [2.24, 2.45) is 0 Å². The van der Waals surface area contributed by atoms with Crippen molar-refractivity contribution in [1.29, 1.82) is 0 Å². The second-order valence-corrected chi connectivity index (χ2v) is 5.32. The average Bonchev–Trinajstić information content (AvgIpc) is 2.39. The standard InChI is InChI=1S/C12H18N4OS/c1-16-4-5-17-10(7-16)11-14-9-2-3-13-6-8(9)12(18)15-11/h10,13H,2-7H2,1H3,(H,14,15,18). The van der Waals surface area contributed by atoms with Gasteiger partial charge in [-0.15, -0.1) is 0 Å². The highest BCUT2D eigenvalue weighted by atomic mass is 32.1. The monoisotopic (exact) mass is 266 g/mol. The second-order valence-electron chi connectivity index (χ2n) is 4.93. The lowest BCUT2D eigenvalue weighted by atomic mass is 10.1. The number of ether oxygens (including phenoxy) is 1. The third-order valence-corrected chi connectivity index (χ3v) is 3.89. The highest BCUT2D eigenvalue weighted by Crippen LogP contribution is 2.21. The van der Waals surface area contributed by atoms with Crippen molar-refractivity contribution in [3.8, 4) is 0 Å². The molecule has 1 atom stereocenters. The minimum atomic E-state index is 0.0191. The van der Waals surface area contributed by atoms with Crippen molar-refractivity contribution in [1.82, 2.24) is 20.2 Å². The van der Waals surface area contributed by atoms with Crippen LogP contribution >= 0.6 is 12.2 Å². The number of nitrogens with one attached hydrogen (secondary N) is 2. The fourth-order valence-corrected chi connectivity index (χ4v) is 2.78. The van der Waals surface area contributed by atoms with Gasteiger partial charge in [-0.25, -0.2) is 4.98 Å². The molecule has 1 aromatic rings. The molecule has 0 aromatic carbocycles. The van der Waals surface area contributed by atoms with E-state index in [4.69, 9.17) is 17.0 Å². The lowest BCUT2D eigenvalue weighted by Gasteiger charge is -2.30. The van der Waals surface area contributed by atoms with Gasteiger partial charge in [-0.2, -0.15) is 0 Å². The van der Waals surface area contributed by atoms with Gasteiger partial charge < -0.3 is 19.9 Å². The molecule has 1 unspecified atom stereocenters. The zero-order chi connectivity index (χ0) is 12.5. The number of rotatable bonds is 1. The molecule has 1 saturated heterocycles. The van der Waals surface area contributed by atoms with E-state index in [0.717, 1.165) is 50.6 Å². The summed E-state index contributed by atoms with van der Waals surface area (Å²) >= 11 is 5.38. The lowest BCUT2D eigenvalue weighted by Crippen LogP contribution is -2.36. The zero-order valence-corrected chi connectivity index (χ0v) is 11.3. The molecule has 0 bridgehead atoms. The predicted molar refractivity (Wildman–Crippen MR) is 71.0 cm³/mol. The van der Waals surface area contributed by atoms with Crippen molar-refractivity contribution < 1.29 is 4.74 Å². The maximum Gasteiger partial charge on any atom is 0.138 e. The number of morpholine rings is 1. The Kier molecular flexibility index (Phi) is 3.43. The van der Waals surface area contributed by atoms with Gasteiger partial charge in [-0.1, -0.05) is 12.2 Å². The van der Waals surface area contributed by atoms with Gasteiger partial charge in [-0.05, 0) is 7.05 Å². The van der Waals surface area contributed by atoms with E-state index in [0.29, 0.717) is 4.64 Å². The zero-order valence-electron chi connectivity index (χ0n) is 10.5. The number of fused-ring (bicyclic) bond motifs is 1. The van der Waals surface area contributed by atoms with Gasteiger partial charge in [0.1, 0.15) is 16.6 Å². The van der Waals surface area contributed by atoms with Gasteiger partial charge >= 0.3 is 0 Å². The van der Waals surface area contributed by atoms with Gasteiger partial charge in [-0.3, -0.25) is 0 Å². The molecule has 3 rings (SSSR count). The second kappa shape index (κ2) is 5.05. The van der Waals surface area contributed by atoms with Crippen molar-refractivity contribution >= 4 is 12.2 Å². The Morgan fingerprint density at radius 3 is 3.22 bits per heavy atom. The summed E-state index contributed by atoms with van der Waals surface area (Å²) in [6.07, 6.45) is 1.00. The minimum Gasteiger partial charge on any atom is -0.368 e. The summed E-state index contributed by atoms with van der Waals surface area (Å²) in [6, 6.07) is 0. The fraction of sp³-hybridized carbons (Fsp3) is 0.667. The fourth-order valence-electron chi connectivity index (χ4n) is 2.48. The van der Waals surface area contributed by atoms with Gasteiger partial charge in [0.05, 0.1) is 6.61 Å². The van der Waals surface area contributed by atoms with E-state index in [-0.39, 0.29) is 6.10 Å². The first kappa shape index (κ1) is 12.2. The number of nitrogens with zero attached hydrogens (tertiary/aromatic N) is 2. The van der Waals surface area contributed by atoms with Gasteiger partial charge in [0.25, 0.3) is 0 Å². The highest BCUT2D eigenvalue weighted by Gasteiger charge is 2.23. The van der Waals surface area contributed by atoms with E-state index in [1.54, 1.807) is 0 Å². The molecular weight excluding hydrogens is 248 g/mol. The molecule has 98 valence electrons. The first-order valence-corrected chi connectivity index (χ1v) is 6.77. The Morgan fingerprint density at radius 2 is 2.39 bits per heavy atom. The first-order valence-electron chi connectivity index (χ1n) is 6.37. The molecule has 5 nitrogen and oxygen atoms in total. The van der Waals surface area contributed by atoms with Crippen LogP contribution in [0.3, 0.4) is 0 Å². The van der Waals surface area contributed by atoms with Crippen molar-refractivity contribution in [3.63, 3.8) is 0 Å². The molecular formula is C12H18N4OS. The van der Waals surface area contributed by atoms with E-state index in [9.17, 15) is 0 Å². The van der Waals surface area contributed by atoms with Crippen LogP contribution < -0.4 is 5.32 Å². The molecule has 0 saturated carbocycles. The van der Waals surface area contributed by atoms with Crippen LogP contribution in [0.2, 0.25) is 0 Å². The van der Waals surface area contributed by atoms with E-state index in [1.807, 2.05) is 0 Å². The number of hydrogen-bond donors (Lipinski definition) is 2. The van der Waals surface area contributed by atoms with Gasteiger partial charge in [0, 0.05) is 43.9 Å². The van der Waals surface area contributed by atoms with Gasteiger partial charge in [0.2, 0.25) is 0 Å². The average molecular weight is 266 g/mol. The molecule has 2 aliphatic heterocycles. The van der Waals surface area contributed by atoms with E-state index >= 15 is 0 Å². The van der Waals surface area contributed by atoms with E-state index in [1.165, 1.54) is 5.69 Å². The van der Waals surface area contributed by atoms with Crippen LogP contribution in [0.15, 0.2) is 0 Å². The summed E-state index contributed by atoms with van der Waals surface area (Å²) in [4.78, 5) is 10.2. The van der Waals surface area contributed by atoms with Crippen molar-refractivity contribution in [3.05, 3.63) is 21.7 Å². The maximum atomic E-state index is 5.78. The molecule has 0 radical (unpaired) electrons. The first-order chi connectivity index (χ1) is 8.74. The molecule has 3 heterocycles. The molecule has 0 aliphatic carbocycles. The predicted octanol–water partition coefficient (Wildman–Crippen LogP) is 0.788. The summed E-state index contributed by atoms with van der Waals surface area (Å²) in [5, 5.41) is 3.32. The normalized spacial score (nSPS) is 24.8. The van der Waals surface area contributed by atoms with Crippen LogP contribution in [0.25, 0.3) is 0 Å². The van der Waals surface area contributed by atoms with Crippen LogP contribution in [0.5, 0.6) is 0 Å². The molecule has 2 aliphatic rings. The van der Waals surface area contributed by atoms with Crippen LogP contribution in [0.4, 0.5) is 0 Å². The molecule has 0 spiro atoms. The summed E-state index contributed by atoms with van der Waals surface area (Å²) in [7, 11) is 2.10. The lowest BCUT2D eigenvalue weighted by molar-refractivity contribution is -0.0256. The molecule has 1 fully saturated rings. The summed E-state index contributed by atoms with van der Waals surface area (Å²) in [5.41, 5.74) is 2.37. The highest BCUT2D eigenvalue weighted by molar-refractivity contribution is 7.71. The molecule has 0 amide bonds.